The molecular formula is C17H20BrClN2O2S. The van der Waals surface area contributed by atoms with E-state index >= 15 is 0 Å². The lowest BCUT2D eigenvalue weighted by molar-refractivity contribution is -0.127. The summed E-state index contributed by atoms with van der Waals surface area (Å²) in [6, 6.07) is 5.21. The average molecular weight is 432 g/mol. The number of ether oxygens (including phenoxy) is 1. The Bertz CT molecular complexity index is 693. The summed E-state index contributed by atoms with van der Waals surface area (Å²) in [5, 5.41) is 6.73. The highest BCUT2D eigenvalue weighted by molar-refractivity contribution is 9.10. The first-order chi connectivity index (χ1) is 11.5. The van der Waals surface area contributed by atoms with Crippen LogP contribution in [0.5, 0.6) is 5.75 Å². The van der Waals surface area contributed by atoms with Gasteiger partial charge in [-0.1, -0.05) is 11.6 Å². The predicted molar refractivity (Wildman–Crippen MR) is 102 cm³/mol. The largest absolute Gasteiger partial charge is 0.480 e. The van der Waals surface area contributed by atoms with Gasteiger partial charge in [-0.25, -0.2) is 4.98 Å². The van der Waals surface area contributed by atoms with Crippen molar-refractivity contribution in [3.8, 4) is 5.75 Å². The van der Waals surface area contributed by atoms with Gasteiger partial charge in [0.05, 0.1) is 9.48 Å². The van der Waals surface area contributed by atoms with E-state index in [2.05, 4.69) is 31.6 Å². The zero-order valence-corrected chi connectivity index (χ0v) is 16.8. The van der Waals surface area contributed by atoms with Crippen molar-refractivity contribution in [2.75, 3.05) is 6.54 Å². The van der Waals surface area contributed by atoms with Crippen molar-refractivity contribution in [2.45, 2.75) is 39.2 Å². The monoisotopic (exact) mass is 430 g/mol. The van der Waals surface area contributed by atoms with Crippen LogP contribution in [-0.4, -0.2) is 23.5 Å². The number of nitrogens with one attached hydrogen (secondary N) is 1. The van der Waals surface area contributed by atoms with Crippen LogP contribution in [0.3, 0.4) is 0 Å². The second kappa shape index (κ2) is 9.39. The maximum absolute atomic E-state index is 12.1. The smallest absolute Gasteiger partial charge is 0.260 e. The van der Waals surface area contributed by atoms with Gasteiger partial charge in [-0.2, -0.15) is 0 Å². The Morgan fingerprint density at radius 1 is 1.46 bits per heavy atom. The summed E-state index contributed by atoms with van der Waals surface area (Å²) in [5.41, 5.74) is 1.07. The molecular weight excluding hydrogens is 412 g/mol. The Labute approximate surface area is 159 Å². The number of carbonyl (C=O) groups is 1. The van der Waals surface area contributed by atoms with E-state index in [0.29, 0.717) is 17.3 Å². The molecule has 0 bridgehead atoms. The van der Waals surface area contributed by atoms with Crippen LogP contribution < -0.4 is 10.1 Å². The fourth-order valence-electron chi connectivity index (χ4n) is 2.09. The second-order valence-electron chi connectivity index (χ2n) is 5.47. The van der Waals surface area contributed by atoms with E-state index in [0.717, 1.165) is 34.4 Å². The summed E-state index contributed by atoms with van der Waals surface area (Å²) < 4.78 is 6.40. The van der Waals surface area contributed by atoms with Gasteiger partial charge in [0.15, 0.2) is 6.10 Å². The van der Waals surface area contributed by atoms with Crippen LogP contribution in [0.1, 0.15) is 30.5 Å². The van der Waals surface area contributed by atoms with Crippen LogP contribution in [0.15, 0.2) is 28.1 Å². The summed E-state index contributed by atoms with van der Waals surface area (Å²) in [4.78, 5) is 16.5. The molecule has 0 saturated heterocycles. The molecule has 1 aromatic heterocycles. The molecule has 1 atom stereocenters. The summed E-state index contributed by atoms with van der Waals surface area (Å²) in [6.07, 6.45) is 2.31. The van der Waals surface area contributed by atoms with Gasteiger partial charge in [0, 0.05) is 22.6 Å². The van der Waals surface area contributed by atoms with Gasteiger partial charge in [0.1, 0.15) is 5.75 Å². The normalized spacial score (nSPS) is 12.0. The number of benzene rings is 1. The van der Waals surface area contributed by atoms with Crippen molar-refractivity contribution < 1.29 is 9.53 Å². The maximum Gasteiger partial charge on any atom is 0.260 e. The van der Waals surface area contributed by atoms with Crippen LogP contribution in [0.4, 0.5) is 0 Å². The first kappa shape index (κ1) is 19.2. The first-order valence-electron chi connectivity index (χ1n) is 7.76. The zero-order valence-electron chi connectivity index (χ0n) is 13.6. The van der Waals surface area contributed by atoms with Crippen molar-refractivity contribution in [2.24, 2.45) is 0 Å². The zero-order chi connectivity index (χ0) is 17.5. The molecule has 0 saturated carbocycles. The molecule has 1 heterocycles. The summed E-state index contributed by atoms with van der Waals surface area (Å²) in [5.74, 6) is 0.475. The van der Waals surface area contributed by atoms with Crippen LogP contribution in [0, 0.1) is 6.92 Å². The summed E-state index contributed by atoms with van der Waals surface area (Å²) >= 11 is 11.0. The Morgan fingerprint density at radius 3 is 2.92 bits per heavy atom. The highest BCUT2D eigenvalue weighted by atomic mass is 79.9. The summed E-state index contributed by atoms with van der Waals surface area (Å²) in [7, 11) is 0. The van der Waals surface area contributed by atoms with Crippen molar-refractivity contribution in [3.63, 3.8) is 0 Å². The van der Waals surface area contributed by atoms with Crippen LogP contribution >= 0.6 is 38.9 Å². The van der Waals surface area contributed by atoms with Gasteiger partial charge in [-0.15, -0.1) is 11.3 Å². The van der Waals surface area contributed by atoms with Crippen molar-refractivity contribution in [1.29, 1.82) is 0 Å². The molecule has 0 spiro atoms. The molecule has 0 aliphatic heterocycles. The Morgan fingerprint density at radius 2 is 2.25 bits per heavy atom. The van der Waals surface area contributed by atoms with Gasteiger partial charge < -0.3 is 10.1 Å². The van der Waals surface area contributed by atoms with Gasteiger partial charge >= 0.3 is 0 Å². The molecule has 2 aromatic rings. The molecule has 7 heteroatoms. The number of carbonyl (C=O) groups excluding carboxylic acids is 1. The fourth-order valence-corrected chi connectivity index (χ4v) is 3.68. The molecule has 1 N–H and O–H groups in total. The van der Waals surface area contributed by atoms with Gasteiger partial charge in [0.25, 0.3) is 5.91 Å². The third-order valence-corrected chi connectivity index (χ3v) is 5.23. The van der Waals surface area contributed by atoms with Crippen molar-refractivity contribution >= 4 is 44.8 Å². The average Bonchev–Trinajstić information content (AvgIpc) is 2.95. The first-order valence-corrected chi connectivity index (χ1v) is 9.81. The number of nitrogens with zero attached hydrogens (tertiary/aromatic N) is 1. The van der Waals surface area contributed by atoms with E-state index in [9.17, 15) is 4.79 Å². The number of unbranched alkanes of at least 4 members (excludes halogenated alkanes) is 1. The maximum atomic E-state index is 12.1. The molecule has 0 aliphatic rings. The van der Waals surface area contributed by atoms with Crippen molar-refractivity contribution in [3.05, 3.63) is 43.8 Å². The predicted octanol–water partition coefficient (Wildman–Crippen LogP) is 4.77. The molecule has 24 heavy (non-hydrogen) atoms. The van der Waals surface area contributed by atoms with E-state index in [1.165, 1.54) is 0 Å². The number of thiazole rings is 1. The standard InChI is InChI=1S/C17H20BrClN2O2S/c1-11-10-24-16(21-11)5-3-4-8-20-17(22)12(2)23-15-7-6-13(19)9-14(15)18/h6-7,9-10,12H,3-5,8H2,1-2H3,(H,20,22). The lowest BCUT2D eigenvalue weighted by atomic mass is 10.2. The van der Waals surface area contributed by atoms with Gasteiger partial charge in [-0.05, 0) is 67.2 Å². The number of amides is 1. The minimum atomic E-state index is -0.566. The number of aromatic nitrogens is 1. The minimum Gasteiger partial charge on any atom is -0.480 e. The SMILES string of the molecule is Cc1csc(CCCCNC(=O)C(C)Oc2ccc(Cl)cc2Br)n1. The number of hydrogen-bond donors (Lipinski definition) is 1. The molecule has 0 aliphatic carbocycles. The molecule has 0 radical (unpaired) electrons. The molecule has 130 valence electrons. The molecule has 1 amide bonds. The highest BCUT2D eigenvalue weighted by Gasteiger charge is 2.15. The Kier molecular flexibility index (Phi) is 7.52. The van der Waals surface area contributed by atoms with Crippen LogP contribution in [0.25, 0.3) is 0 Å². The number of aryl methyl sites for hydroxylation is 2. The number of rotatable bonds is 8. The summed E-state index contributed by atoms with van der Waals surface area (Å²) in [6.45, 7) is 4.37. The quantitative estimate of drug-likeness (QED) is 0.612. The van der Waals surface area contributed by atoms with Gasteiger partial charge in [-0.3, -0.25) is 4.79 Å². The molecule has 4 nitrogen and oxygen atoms in total. The lowest BCUT2D eigenvalue weighted by Gasteiger charge is -2.15. The third-order valence-electron chi connectivity index (χ3n) is 3.35. The highest BCUT2D eigenvalue weighted by Crippen LogP contribution is 2.28. The molecule has 1 unspecified atom stereocenters. The topological polar surface area (TPSA) is 51.2 Å². The number of halogens is 2. The van der Waals surface area contributed by atoms with Crippen LogP contribution in [-0.2, 0) is 11.2 Å². The van der Waals surface area contributed by atoms with E-state index in [1.807, 2.05) is 6.92 Å². The van der Waals surface area contributed by atoms with E-state index in [4.69, 9.17) is 16.3 Å². The number of hydrogen-bond acceptors (Lipinski definition) is 4. The van der Waals surface area contributed by atoms with E-state index in [-0.39, 0.29) is 5.91 Å². The molecule has 2 rings (SSSR count). The lowest BCUT2D eigenvalue weighted by Crippen LogP contribution is -2.36. The minimum absolute atomic E-state index is 0.123. The Hall–Kier alpha value is -1.11. The van der Waals surface area contributed by atoms with Crippen molar-refractivity contribution in [1.82, 2.24) is 10.3 Å². The molecule has 0 fully saturated rings. The third kappa shape index (κ3) is 6.07. The Balaban J connectivity index is 1.67. The van der Waals surface area contributed by atoms with E-state index < -0.39 is 6.10 Å². The van der Waals surface area contributed by atoms with Crippen LogP contribution in [0.2, 0.25) is 5.02 Å². The second-order valence-corrected chi connectivity index (χ2v) is 7.70. The fraction of sp³-hybridized carbons (Fsp3) is 0.412. The van der Waals surface area contributed by atoms with Gasteiger partial charge in [0.2, 0.25) is 0 Å². The van der Waals surface area contributed by atoms with E-state index in [1.54, 1.807) is 36.5 Å². The molecule has 1 aromatic carbocycles.